The SMILES string of the molecule is CC(=O)O[C@]12C[C@@H]3[C@@H]([C@H]1C(C)=NN2C(=O)C(=O)N1N=C(C)[C@H]2[C@@H]4[C@@H](C[C@@]21OC(C)=O)C4(C)C)C3(C)C. The number of hydrazone groups is 2. The van der Waals surface area contributed by atoms with Gasteiger partial charge in [0.05, 0.1) is 11.8 Å². The van der Waals surface area contributed by atoms with Crippen molar-refractivity contribution in [2.75, 3.05) is 0 Å². The van der Waals surface area contributed by atoms with Crippen molar-refractivity contribution in [1.29, 1.82) is 0 Å². The Kier molecular flexibility index (Phi) is 4.30. The Hall–Kier alpha value is -2.78. The van der Waals surface area contributed by atoms with E-state index in [1.165, 1.54) is 13.8 Å². The zero-order chi connectivity index (χ0) is 26.3. The molecule has 2 heterocycles. The topological polar surface area (TPSA) is 118 Å². The lowest BCUT2D eigenvalue weighted by Gasteiger charge is -2.41. The van der Waals surface area contributed by atoms with Crippen LogP contribution in [0.1, 0.15) is 68.2 Å². The molecule has 10 heteroatoms. The molecule has 4 aliphatic carbocycles. The van der Waals surface area contributed by atoms with Gasteiger partial charge in [-0.2, -0.15) is 20.2 Å². The molecule has 8 atom stereocenters. The van der Waals surface area contributed by atoms with Crippen LogP contribution in [0.2, 0.25) is 0 Å². The summed E-state index contributed by atoms with van der Waals surface area (Å²) in [4.78, 5) is 52.1. The van der Waals surface area contributed by atoms with E-state index in [4.69, 9.17) is 9.47 Å². The molecule has 0 N–H and O–H groups in total. The van der Waals surface area contributed by atoms with Crippen LogP contribution in [-0.4, -0.2) is 56.6 Å². The minimum Gasteiger partial charge on any atom is -0.436 e. The van der Waals surface area contributed by atoms with Gasteiger partial charge in [-0.05, 0) is 48.3 Å². The van der Waals surface area contributed by atoms with E-state index in [2.05, 4.69) is 37.9 Å². The molecule has 6 rings (SSSR count). The third kappa shape index (κ3) is 2.58. The summed E-state index contributed by atoms with van der Waals surface area (Å²) in [5.74, 6) is -2.52. The second-order valence-electron chi connectivity index (χ2n) is 12.9. The molecule has 2 aliphatic heterocycles. The van der Waals surface area contributed by atoms with Crippen LogP contribution in [0.25, 0.3) is 0 Å². The summed E-state index contributed by atoms with van der Waals surface area (Å²) < 4.78 is 11.7. The van der Waals surface area contributed by atoms with Crippen LogP contribution in [0.15, 0.2) is 10.2 Å². The second-order valence-corrected chi connectivity index (χ2v) is 12.9. The molecule has 36 heavy (non-hydrogen) atoms. The maximum atomic E-state index is 13.9. The van der Waals surface area contributed by atoms with Gasteiger partial charge in [0.15, 0.2) is 0 Å². The quantitative estimate of drug-likeness (QED) is 0.426. The van der Waals surface area contributed by atoms with E-state index < -0.39 is 35.2 Å². The van der Waals surface area contributed by atoms with E-state index in [0.717, 1.165) is 10.0 Å². The fraction of sp³-hybridized carbons (Fsp3) is 0.769. The minimum absolute atomic E-state index is 0.0504. The Balaban J connectivity index is 1.35. The van der Waals surface area contributed by atoms with Crippen LogP contribution in [-0.2, 0) is 28.7 Å². The van der Waals surface area contributed by atoms with Crippen molar-refractivity contribution in [3.63, 3.8) is 0 Å². The van der Waals surface area contributed by atoms with Gasteiger partial charge < -0.3 is 9.47 Å². The number of carbonyl (C=O) groups is 4. The van der Waals surface area contributed by atoms with E-state index in [-0.39, 0.29) is 46.3 Å². The van der Waals surface area contributed by atoms with Gasteiger partial charge >= 0.3 is 23.8 Å². The smallest absolute Gasteiger partial charge is 0.337 e. The summed E-state index contributed by atoms with van der Waals surface area (Å²) in [5, 5.41) is 11.1. The monoisotopic (exact) mass is 498 g/mol. The summed E-state index contributed by atoms with van der Waals surface area (Å²) >= 11 is 0. The molecule has 4 saturated carbocycles. The second kappa shape index (κ2) is 6.55. The number of esters is 2. The third-order valence-electron chi connectivity index (χ3n) is 10.3. The number of nitrogens with zero attached hydrogens (tertiary/aromatic N) is 4. The van der Waals surface area contributed by atoms with Crippen molar-refractivity contribution in [2.24, 2.45) is 56.5 Å². The predicted molar refractivity (Wildman–Crippen MR) is 127 cm³/mol. The Morgan fingerprint density at radius 3 is 1.36 bits per heavy atom. The van der Waals surface area contributed by atoms with Gasteiger partial charge in [0.1, 0.15) is 0 Å². The molecule has 194 valence electrons. The Labute approximate surface area is 210 Å². The summed E-state index contributed by atoms with van der Waals surface area (Å²) in [7, 11) is 0. The Bertz CT molecular complexity index is 1110. The highest BCUT2D eigenvalue weighted by Gasteiger charge is 2.80. The van der Waals surface area contributed by atoms with Crippen LogP contribution in [0.4, 0.5) is 0 Å². The molecule has 0 aromatic carbocycles. The number of hydrogen-bond donors (Lipinski definition) is 0. The average Bonchev–Trinajstić information content (AvgIpc) is 3.19. The lowest BCUT2D eigenvalue weighted by Crippen LogP contribution is -2.60. The first kappa shape index (κ1) is 23.6. The molecule has 0 aromatic heterocycles. The first-order valence-corrected chi connectivity index (χ1v) is 12.8. The molecule has 0 aromatic rings. The molecule has 0 saturated heterocycles. The number of amides is 2. The number of fused-ring (bicyclic) bond motifs is 6. The van der Waals surface area contributed by atoms with E-state index in [1.54, 1.807) is 0 Å². The van der Waals surface area contributed by atoms with Gasteiger partial charge in [0, 0.05) is 38.1 Å². The lowest BCUT2D eigenvalue weighted by atomic mass is 9.83. The summed E-state index contributed by atoms with van der Waals surface area (Å²) in [6, 6.07) is 0. The summed E-state index contributed by atoms with van der Waals surface area (Å²) in [6.45, 7) is 14.9. The Morgan fingerprint density at radius 2 is 1.06 bits per heavy atom. The largest absolute Gasteiger partial charge is 0.436 e. The first-order chi connectivity index (χ1) is 16.6. The van der Waals surface area contributed by atoms with E-state index in [9.17, 15) is 19.2 Å². The normalized spacial score (nSPS) is 43.6. The lowest BCUT2D eigenvalue weighted by molar-refractivity contribution is -0.205. The van der Waals surface area contributed by atoms with Crippen molar-refractivity contribution < 1.29 is 28.7 Å². The van der Waals surface area contributed by atoms with Crippen molar-refractivity contribution in [3.8, 4) is 0 Å². The maximum absolute atomic E-state index is 13.9. The van der Waals surface area contributed by atoms with Crippen LogP contribution in [0, 0.1) is 46.3 Å². The fourth-order valence-electron chi connectivity index (χ4n) is 8.75. The van der Waals surface area contributed by atoms with Gasteiger partial charge in [-0.15, -0.1) is 0 Å². The molecule has 0 bridgehead atoms. The highest BCUT2D eigenvalue weighted by Crippen LogP contribution is 2.75. The van der Waals surface area contributed by atoms with Gasteiger partial charge in [-0.3, -0.25) is 19.2 Å². The van der Waals surface area contributed by atoms with Crippen LogP contribution in [0.3, 0.4) is 0 Å². The van der Waals surface area contributed by atoms with Gasteiger partial charge in [-0.1, -0.05) is 27.7 Å². The number of carbonyl (C=O) groups excluding carboxylic acids is 4. The van der Waals surface area contributed by atoms with Gasteiger partial charge in [-0.25, -0.2) is 0 Å². The molecule has 4 fully saturated rings. The van der Waals surface area contributed by atoms with Crippen LogP contribution < -0.4 is 0 Å². The minimum atomic E-state index is -1.32. The molecular formula is C26H34N4O6. The number of rotatable bonds is 2. The number of ether oxygens (including phenoxy) is 2. The molecular weight excluding hydrogens is 464 g/mol. The predicted octanol–water partition coefficient (Wildman–Crippen LogP) is 2.53. The van der Waals surface area contributed by atoms with E-state index in [0.29, 0.717) is 24.3 Å². The van der Waals surface area contributed by atoms with Crippen molar-refractivity contribution in [3.05, 3.63) is 0 Å². The van der Waals surface area contributed by atoms with Crippen molar-refractivity contribution in [2.45, 2.75) is 79.7 Å². The van der Waals surface area contributed by atoms with E-state index in [1.807, 2.05) is 13.8 Å². The van der Waals surface area contributed by atoms with Crippen molar-refractivity contribution in [1.82, 2.24) is 10.0 Å². The number of hydrogen-bond acceptors (Lipinski definition) is 8. The van der Waals surface area contributed by atoms with Gasteiger partial charge in [0.2, 0.25) is 11.4 Å². The summed E-state index contributed by atoms with van der Waals surface area (Å²) in [6.07, 6.45) is 0.847. The zero-order valence-electron chi connectivity index (χ0n) is 22.1. The van der Waals surface area contributed by atoms with E-state index >= 15 is 0 Å². The zero-order valence-corrected chi connectivity index (χ0v) is 22.1. The standard InChI is InChI=1S/C26H34N4O6/c1-11-17-19-15(23(19,5)6)9-25(17,35-13(3)31)29(27-11)21(33)22(34)30-26(36-14(4)32)10-16-20(24(16,7)8)18(26)12(2)28-30/h15-20H,9-10H2,1-8H3/t15-,16-,17-,18+,19+,20+,25-,26-/m1/s1. The van der Waals surface area contributed by atoms with Crippen LogP contribution in [0.5, 0.6) is 0 Å². The molecule has 2 amide bonds. The third-order valence-corrected chi connectivity index (χ3v) is 10.3. The highest BCUT2D eigenvalue weighted by atomic mass is 16.6. The molecule has 0 spiro atoms. The highest BCUT2D eigenvalue weighted by molar-refractivity contribution is 6.35. The molecule has 0 unspecified atom stereocenters. The first-order valence-electron chi connectivity index (χ1n) is 12.8. The van der Waals surface area contributed by atoms with Crippen LogP contribution >= 0.6 is 0 Å². The summed E-state index contributed by atoms with van der Waals surface area (Å²) in [5.41, 5.74) is -1.19. The molecule has 10 nitrogen and oxygen atoms in total. The molecule has 6 aliphatic rings. The van der Waals surface area contributed by atoms with Crippen molar-refractivity contribution >= 4 is 35.2 Å². The Morgan fingerprint density at radius 1 is 0.722 bits per heavy atom. The fourth-order valence-corrected chi connectivity index (χ4v) is 8.75. The average molecular weight is 499 g/mol. The molecule has 0 radical (unpaired) electrons. The van der Waals surface area contributed by atoms with Gasteiger partial charge in [0.25, 0.3) is 0 Å². The maximum Gasteiger partial charge on any atom is 0.337 e.